The highest BCUT2D eigenvalue weighted by Crippen LogP contribution is 2.64. The van der Waals surface area contributed by atoms with Crippen LogP contribution in [0.5, 0.6) is 0 Å². The van der Waals surface area contributed by atoms with Gasteiger partial charge in [-0.1, -0.05) is 208 Å². The standard InChI is InChI=1S/C66H63N/c1-63(2,3)46-28-34-54-55-35-29-47(64(4,5)6)39-61(55)66(60(54)38-46)58-21-15-13-19-52(58)56-37-33-50(41-62(56)66)67(49-32-36-53-51-18-12-14-20-57(51)65(7,8)59(53)40-49)48-30-26-45(27-31-48)44-24-22-43(23-25-44)42-16-10-9-11-17-42/h12-15,18-42H,9-11,16-17H2,1-8H3/i42D. The van der Waals surface area contributed by atoms with Crippen molar-refractivity contribution in [3.63, 3.8) is 0 Å². The van der Waals surface area contributed by atoms with Crippen LogP contribution in [0, 0.1) is 0 Å². The average molecular weight is 871 g/mol. The van der Waals surface area contributed by atoms with E-state index in [4.69, 9.17) is 0 Å². The van der Waals surface area contributed by atoms with Crippen LogP contribution in [0.25, 0.3) is 44.5 Å². The Hall–Kier alpha value is -6.44. The molecule has 1 spiro atoms. The molecule has 0 unspecified atom stereocenters. The minimum Gasteiger partial charge on any atom is -0.310 e. The molecule has 0 aromatic heterocycles. The van der Waals surface area contributed by atoms with Gasteiger partial charge in [0.2, 0.25) is 0 Å². The van der Waals surface area contributed by atoms with Crippen molar-refractivity contribution in [3.8, 4) is 44.5 Å². The van der Waals surface area contributed by atoms with Crippen molar-refractivity contribution in [2.24, 2.45) is 0 Å². The fraction of sp³-hybridized carbons (Fsp3) is 0.273. The third kappa shape index (κ3) is 6.40. The molecule has 0 radical (unpaired) electrons. The van der Waals surface area contributed by atoms with Gasteiger partial charge in [-0.15, -0.1) is 0 Å². The third-order valence-corrected chi connectivity index (χ3v) is 16.2. The van der Waals surface area contributed by atoms with Crippen LogP contribution in [-0.4, -0.2) is 0 Å². The van der Waals surface area contributed by atoms with Crippen molar-refractivity contribution >= 4 is 17.1 Å². The molecule has 0 N–H and O–H groups in total. The monoisotopic (exact) mass is 871 g/mol. The van der Waals surface area contributed by atoms with Crippen LogP contribution in [0.1, 0.15) is 145 Å². The second kappa shape index (κ2) is 15.0. The molecule has 0 amide bonds. The highest BCUT2D eigenvalue weighted by atomic mass is 15.1. The Morgan fingerprint density at radius 3 is 1.39 bits per heavy atom. The third-order valence-electron chi connectivity index (χ3n) is 16.2. The molecule has 0 aliphatic heterocycles. The van der Waals surface area contributed by atoms with Crippen LogP contribution in [0.2, 0.25) is 0 Å². The predicted molar refractivity (Wildman–Crippen MR) is 284 cm³/mol. The lowest BCUT2D eigenvalue weighted by atomic mass is 9.68. The minimum atomic E-state index is -0.506. The maximum absolute atomic E-state index is 9.26. The van der Waals surface area contributed by atoms with E-state index in [9.17, 15) is 1.37 Å². The Balaban J connectivity index is 1.06. The first-order chi connectivity index (χ1) is 32.6. The minimum absolute atomic E-state index is 0.0183. The molecule has 1 heteroatoms. The highest BCUT2D eigenvalue weighted by Gasteiger charge is 2.52. The van der Waals surface area contributed by atoms with Crippen molar-refractivity contribution in [2.75, 3.05) is 4.90 Å². The summed E-state index contributed by atoms with van der Waals surface area (Å²) in [6.45, 7) is 18.8. The lowest BCUT2D eigenvalue weighted by Gasteiger charge is -2.34. The second-order valence-corrected chi connectivity index (χ2v) is 22.6. The van der Waals surface area contributed by atoms with Gasteiger partial charge in [-0.2, -0.15) is 0 Å². The van der Waals surface area contributed by atoms with Gasteiger partial charge < -0.3 is 4.90 Å². The summed E-state index contributed by atoms with van der Waals surface area (Å²) in [5.74, 6) is -0.463. The number of hydrogen-bond acceptors (Lipinski definition) is 1. The lowest BCUT2D eigenvalue weighted by Crippen LogP contribution is -2.27. The maximum atomic E-state index is 9.26. The molecule has 1 fully saturated rings. The van der Waals surface area contributed by atoms with E-state index in [2.05, 4.69) is 230 Å². The maximum Gasteiger partial charge on any atom is 0.0726 e. The summed E-state index contributed by atoms with van der Waals surface area (Å²) in [5.41, 5.74) is 25.1. The van der Waals surface area contributed by atoms with Gasteiger partial charge in [0.05, 0.1) is 5.41 Å². The number of fused-ring (bicyclic) bond motifs is 13. The number of nitrogens with zero attached hydrogens (tertiary/aromatic N) is 1. The van der Waals surface area contributed by atoms with E-state index in [-0.39, 0.29) is 16.2 Å². The van der Waals surface area contributed by atoms with Gasteiger partial charge >= 0.3 is 0 Å². The fourth-order valence-electron chi connectivity index (χ4n) is 12.5. The molecular formula is C66H63N. The van der Waals surface area contributed by atoms with Crippen molar-refractivity contribution in [1.29, 1.82) is 0 Å². The van der Waals surface area contributed by atoms with Gasteiger partial charge in [0.1, 0.15) is 0 Å². The molecule has 4 aliphatic carbocycles. The molecule has 0 heterocycles. The Morgan fingerprint density at radius 1 is 0.418 bits per heavy atom. The Bertz CT molecular complexity index is 3250. The number of anilines is 3. The molecule has 1 nitrogen and oxygen atoms in total. The first-order valence-electron chi connectivity index (χ1n) is 25.4. The molecule has 0 atom stereocenters. The molecule has 12 rings (SSSR count). The summed E-state index contributed by atoms with van der Waals surface area (Å²) in [6, 6.07) is 65.4. The molecule has 0 saturated heterocycles. The van der Waals surface area contributed by atoms with Crippen molar-refractivity contribution < 1.29 is 1.37 Å². The summed E-state index contributed by atoms with van der Waals surface area (Å²) in [7, 11) is 0. The van der Waals surface area contributed by atoms with E-state index in [0.29, 0.717) is 0 Å². The number of hydrogen-bond donors (Lipinski definition) is 0. The fourth-order valence-corrected chi connectivity index (χ4v) is 12.5. The summed E-state index contributed by atoms with van der Waals surface area (Å²) in [5, 5.41) is 0. The van der Waals surface area contributed by atoms with Crippen LogP contribution in [0.15, 0.2) is 170 Å². The normalized spacial score (nSPS) is 16.9. The Labute approximate surface area is 401 Å². The van der Waals surface area contributed by atoms with E-state index in [1.165, 1.54) is 95.4 Å². The van der Waals surface area contributed by atoms with Gasteiger partial charge in [-0.3, -0.25) is 0 Å². The van der Waals surface area contributed by atoms with Crippen LogP contribution >= 0.6 is 0 Å². The molecule has 67 heavy (non-hydrogen) atoms. The van der Waals surface area contributed by atoms with E-state index < -0.39 is 11.3 Å². The predicted octanol–water partition coefficient (Wildman–Crippen LogP) is 18.1. The van der Waals surface area contributed by atoms with Crippen LogP contribution < -0.4 is 4.90 Å². The average Bonchev–Trinajstić information content (AvgIpc) is 3.89. The summed E-state index contributed by atoms with van der Waals surface area (Å²) in [6.07, 6.45) is 5.44. The molecule has 1 saturated carbocycles. The number of rotatable bonds is 5. The molecular weight excluding hydrogens is 807 g/mol. The first kappa shape index (κ1) is 40.8. The summed E-state index contributed by atoms with van der Waals surface area (Å²) < 4.78 is 9.26. The molecule has 8 aromatic carbocycles. The van der Waals surface area contributed by atoms with Gasteiger partial charge in [0, 0.05) is 23.8 Å². The van der Waals surface area contributed by atoms with Gasteiger partial charge in [-0.25, -0.2) is 0 Å². The topological polar surface area (TPSA) is 3.24 Å². The zero-order chi connectivity index (χ0) is 47.0. The lowest BCUT2D eigenvalue weighted by molar-refractivity contribution is 0.443. The second-order valence-electron chi connectivity index (χ2n) is 22.6. The van der Waals surface area contributed by atoms with Gasteiger partial charge in [0.15, 0.2) is 0 Å². The van der Waals surface area contributed by atoms with E-state index >= 15 is 0 Å². The van der Waals surface area contributed by atoms with Crippen molar-refractivity contribution in [2.45, 2.75) is 115 Å². The number of benzene rings is 8. The quantitative estimate of drug-likeness (QED) is 0.167. The highest BCUT2D eigenvalue weighted by molar-refractivity contribution is 5.97. The SMILES string of the molecule is [2H]C1(c2ccc(-c3ccc(N(c4ccc5c(c4)C(C)(C)c4ccccc4-5)c4ccc5c(c4)C4(c6ccccc6-5)c5cc(C(C)(C)C)ccc5-c5ccc(C(C)(C)C)cc54)cc3)cc2)CCCCC1. The van der Waals surface area contributed by atoms with Crippen molar-refractivity contribution in [3.05, 3.63) is 220 Å². The van der Waals surface area contributed by atoms with Crippen LogP contribution in [0.3, 0.4) is 0 Å². The smallest absolute Gasteiger partial charge is 0.0726 e. The largest absolute Gasteiger partial charge is 0.310 e. The van der Waals surface area contributed by atoms with Crippen molar-refractivity contribution in [1.82, 2.24) is 0 Å². The zero-order valence-corrected chi connectivity index (χ0v) is 40.6. The molecule has 0 bridgehead atoms. The van der Waals surface area contributed by atoms with E-state index in [0.717, 1.165) is 48.3 Å². The molecule has 4 aliphatic rings. The first-order valence-corrected chi connectivity index (χ1v) is 24.9. The van der Waals surface area contributed by atoms with Crippen LogP contribution in [-0.2, 0) is 21.7 Å². The summed E-state index contributed by atoms with van der Waals surface area (Å²) in [4.78, 5) is 2.50. The van der Waals surface area contributed by atoms with Gasteiger partial charge in [-0.05, 0) is 161 Å². The molecule has 8 aromatic rings. The van der Waals surface area contributed by atoms with E-state index in [1.54, 1.807) is 0 Å². The Morgan fingerprint density at radius 2 is 0.836 bits per heavy atom. The summed E-state index contributed by atoms with van der Waals surface area (Å²) >= 11 is 0. The molecule has 332 valence electrons. The zero-order valence-electron chi connectivity index (χ0n) is 41.6. The van der Waals surface area contributed by atoms with Crippen LogP contribution in [0.4, 0.5) is 17.1 Å². The Kier molecular flexibility index (Phi) is 9.16. The van der Waals surface area contributed by atoms with E-state index in [1.807, 2.05) is 0 Å². The van der Waals surface area contributed by atoms with Gasteiger partial charge in [0.25, 0.3) is 0 Å².